The van der Waals surface area contributed by atoms with Crippen molar-refractivity contribution in [3.8, 4) is 0 Å². The summed E-state index contributed by atoms with van der Waals surface area (Å²) in [7, 11) is 0. The molecule has 1 amide bonds. The standard InChI is InChI=1S/C13H23NO2/c15-11-7-2-1-6-10-14-13(16)12-8-4-3-5-9-12/h3-4,12,15H,1-2,5-11H2,(H,14,16). The molecule has 0 aromatic heterocycles. The van der Waals surface area contributed by atoms with Gasteiger partial charge in [0.25, 0.3) is 0 Å². The minimum atomic E-state index is 0.197. The van der Waals surface area contributed by atoms with Crippen LogP contribution >= 0.6 is 0 Å². The molecule has 0 bridgehead atoms. The monoisotopic (exact) mass is 225 g/mol. The molecule has 3 nitrogen and oxygen atoms in total. The van der Waals surface area contributed by atoms with Crippen LogP contribution in [0.1, 0.15) is 44.9 Å². The zero-order valence-corrected chi connectivity index (χ0v) is 9.95. The van der Waals surface area contributed by atoms with Gasteiger partial charge in [0, 0.05) is 19.1 Å². The van der Waals surface area contributed by atoms with E-state index in [0.717, 1.165) is 51.5 Å². The first-order valence-electron chi connectivity index (χ1n) is 6.38. The van der Waals surface area contributed by atoms with E-state index in [1.807, 2.05) is 0 Å². The van der Waals surface area contributed by atoms with E-state index >= 15 is 0 Å². The van der Waals surface area contributed by atoms with Gasteiger partial charge in [-0.15, -0.1) is 0 Å². The Morgan fingerprint density at radius 3 is 2.75 bits per heavy atom. The summed E-state index contributed by atoms with van der Waals surface area (Å²) in [5, 5.41) is 11.6. The van der Waals surface area contributed by atoms with Crippen molar-refractivity contribution in [3.63, 3.8) is 0 Å². The lowest BCUT2D eigenvalue weighted by Gasteiger charge is -2.17. The predicted octanol–water partition coefficient (Wildman–Crippen LogP) is 2.01. The second-order valence-corrected chi connectivity index (χ2v) is 4.41. The second kappa shape index (κ2) is 8.34. The quantitative estimate of drug-likeness (QED) is 0.514. The maximum Gasteiger partial charge on any atom is 0.223 e. The van der Waals surface area contributed by atoms with Crippen LogP contribution in [-0.4, -0.2) is 24.2 Å². The molecule has 0 radical (unpaired) electrons. The van der Waals surface area contributed by atoms with Crippen LogP contribution in [0.4, 0.5) is 0 Å². The number of rotatable bonds is 7. The van der Waals surface area contributed by atoms with Crippen molar-refractivity contribution in [1.82, 2.24) is 5.32 Å². The average Bonchev–Trinajstić information content (AvgIpc) is 2.34. The average molecular weight is 225 g/mol. The number of carbonyl (C=O) groups excluding carboxylic acids is 1. The largest absolute Gasteiger partial charge is 0.396 e. The van der Waals surface area contributed by atoms with Crippen LogP contribution in [0, 0.1) is 5.92 Å². The molecule has 0 heterocycles. The molecule has 2 N–H and O–H groups in total. The van der Waals surface area contributed by atoms with Crippen LogP contribution in [0.2, 0.25) is 0 Å². The second-order valence-electron chi connectivity index (χ2n) is 4.41. The van der Waals surface area contributed by atoms with E-state index in [1.54, 1.807) is 0 Å². The Kier molecular flexibility index (Phi) is 6.90. The van der Waals surface area contributed by atoms with Gasteiger partial charge in [-0.25, -0.2) is 0 Å². The van der Waals surface area contributed by atoms with Gasteiger partial charge in [-0.3, -0.25) is 4.79 Å². The van der Waals surface area contributed by atoms with E-state index < -0.39 is 0 Å². The minimum Gasteiger partial charge on any atom is -0.396 e. The highest BCUT2D eigenvalue weighted by atomic mass is 16.2. The van der Waals surface area contributed by atoms with Crippen LogP contribution in [-0.2, 0) is 4.79 Å². The molecular weight excluding hydrogens is 202 g/mol. The molecule has 16 heavy (non-hydrogen) atoms. The maximum atomic E-state index is 11.7. The molecule has 1 rings (SSSR count). The molecule has 0 fully saturated rings. The summed E-state index contributed by atoms with van der Waals surface area (Å²) in [4.78, 5) is 11.7. The fourth-order valence-electron chi connectivity index (χ4n) is 1.98. The normalized spacial score (nSPS) is 19.7. The van der Waals surface area contributed by atoms with Crippen molar-refractivity contribution in [2.24, 2.45) is 5.92 Å². The Hall–Kier alpha value is -0.830. The number of aliphatic hydroxyl groups is 1. The van der Waals surface area contributed by atoms with Crippen LogP contribution in [0.5, 0.6) is 0 Å². The van der Waals surface area contributed by atoms with Crippen LogP contribution in [0.3, 0.4) is 0 Å². The molecular formula is C13H23NO2. The third-order valence-electron chi connectivity index (χ3n) is 3.02. The summed E-state index contributed by atoms with van der Waals surface area (Å²) in [6, 6.07) is 0. The summed E-state index contributed by atoms with van der Waals surface area (Å²) in [5.74, 6) is 0.411. The first kappa shape index (κ1) is 13.2. The number of carbonyl (C=O) groups is 1. The summed E-state index contributed by atoms with van der Waals surface area (Å²) in [6.45, 7) is 1.06. The molecule has 1 aliphatic carbocycles. The lowest BCUT2D eigenvalue weighted by atomic mass is 9.94. The number of unbranched alkanes of at least 4 members (excludes halogenated alkanes) is 3. The number of aliphatic hydroxyl groups excluding tert-OH is 1. The van der Waals surface area contributed by atoms with Gasteiger partial charge in [-0.1, -0.05) is 25.0 Å². The molecule has 0 spiro atoms. The smallest absolute Gasteiger partial charge is 0.223 e. The van der Waals surface area contributed by atoms with Crippen molar-refractivity contribution in [2.45, 2.75) is 44.9 Å². The number of hydrogen-bond donors (Lipinski definition) is 2. The van der Waals surface area contributed by atoms with Gasteiger partial charge < -0.3 is 10.4 Å². The Morgan fingerprint density at radius 2 is 2.06 bits per heavy atom. The summed E-state index contributed by atoms with van der Waals surface area (Å²) >= 11 is 0. The molecule has 92 valence electrons. The van der Waals surface area contributed by atoms with Crippen molar-refractivity contribution < 1.29 is 9.90 Å². The van der Waals surface area contributed by atoms with Gasteiger partial charge in [-0.05, 0) is 32.1 Å². The Labute approximate surface area is 97.9 Å². The van der Waals surface area contributed by atoms with Gasteiger partial charge in [0.05, 0.1) is 0 Å². The van der Waals surface area contributed by atoms with Crippen molar-refractivity contribution in [1.29, 1.82) is 0 Å². The Bertz CT molecular complexity index is 226. The molecule has 1 atom stereocenters. The van der Waals surface area contributed by atoms with Crippen LogP contribution in [0.15, 0.2) is 12.2 Å². The summed E-state index contributed by atoms with van der Waals surface area (Å²) in [6.07, 6.45) is 11.2. The fourth-order valence-corrected chi connectivity index (χ4v) is 1.98. The highest BCUT2D eigenvalue weighted by Gasteiger charge is 2.17. The SMILES string of the molecule is O=C(NCCCCCCO)C1CC=CCC1. The maximum absolute atomic E-state index is 11.7. The van der Waals surface area contributed by atoms with E-state index in [2.05, 4.69) is 17.5 Å². The third-order valence-corrected chi connectivity index (χ3v) is 3.02. The minimum absolute atomic E-state index is 0.197. The number of allylic oxidation sites excluding steroid dienone is 2. The highest BCUT2D eigenvalue weighted by molar-refractivity contribution is 5.78. The van der Waals surface area contributed by atoms with E-state index in [4.69, 9.17) is 5.11 Å². The lowest BCUT2D eigenvalue weighted by Crippen LogP contribution is -2.31. The lowest BCUT2D eigenvalue weighted by molar-refractivity contribution is -0.125. The van der Waals surface area contributed by atoms with Gasteiger partial charge in [0.1, 0.15) is 0 Å². The Morgan fingerprint density at radius 1 is 1.25 bits per heavy atom. The topological polar surface area (TPSA) is 49.3 Å². The molecule has 0 aliphatic heterocycles. The zero-order chi connectivity index (χ0) is 11.6. The number of nitrogens with one attached hydrogen (secondary N) is 1. The van der Waals surface area contributed by atoms with E-state index in [-0.39, 0.29) is 18.4 Å². The highest BCUT2D eigenvalue weighted by Crippen LogP contribution is 2.17. The molecule has 3 heteroatoms. The van der Waals surface area contributed by atoms with E-state index in [0.29, 0.717) is 0 Å². The summed E-state index contributed by atoms with van der Waals surface area (Å²) < 4.78 is 0. The van der Waals surface area contributed by atoms with Crippen LogP contribution in [0.25, 0.3) is 0 Å². The van der Waals surface area contributed by atoms with Gasteiger partial charge in [-0.2, -0.15) is 0 Å². The first-order chi connectivity index (χ1) is 7.84. The number of hydrogen-bond acceptors (Lipinski definition) is 2. The molecule has 0 aromatic rings. The van der Waals surface area contributed by atoms with Gasteiger partial charge >= 0.3 is 0 Å². The zero-order valence-electron chi connectivity index (χ0n) is 9.95. The molecule has 0 saturated carbocycles. The predicted molar refractivity (Wildman–Crippen MR) is 65.0 cm³/mol. The van der Waals surface area contributed by atoms with Crippen LogP contribution < -0.4 is 5.32 Å². The van der Waals surface area contributed by atoms with Crippen molar-refractivity contribution >= 4 is 5.91 Å². The van der Waals surface area contributed by atoms with Gasteiger partial charge in [0.15, 0.2) is 0 Å². The fraction of sp³-hybridized carbons (Fsp3) is 0.769. The van der Waals surface area contributed by atoms with E-state index in [9.17, 15) is 4.79 Å². The molecule has 1 aliphatic rings. The Balaban J connectivity index is 1.99. The third kappa shape index (κ3) is 5.31. The summed E-state index contributed by atoms with van der Waals surface area (Å²) in [5.41, 5.74) is 0. The van der Waals surface area contributed by atoms with E-state index in [1.165, 1.54) is 0 Å². The first-order valence-corrected chi connectivity index (χ1v) is 6.38. The van der Waals surface area contributed by atoms with Crippen molar-refractivity contribution in [2.75, 3.05) is 13.2 Å². The number of amides is 1. The molecule has 1 unspecified atom stereocenters. The van der Waals surface area contributed by atoms with Crippen molar-refractivity contribution in [3.05, 3.63) is 12.2 Å². The van der Waals surface area contributed by atoms with Gasteiger partial charge in [0.2, 0.25) is 5.91 Å². The molecule has 0 aromatic carbocycles. The molecule has 0 saturated heterocycles.